The number of nitrogens with one attached hydrogen (secondary N) is 1. The van der Waals surface area contributed by atoms with E-state index in [0.29, 0.717) is 38.9 Å². The number of likely N-dealkylation sites (tertiary alicyclic amines) is 1. The van der Waals surface area contributed by atoms with Crippen molar-refractivity contribution in [1.29, 1.82) is 0 Å². The molecule has 1 aliphatic rings. The van der Waals surface area contributed by atoms with Gasteiger partial charge < -0.3 is 10.2 Å². The van der Waals surface area contributed by atoms with E-state index in [9.17, 15) is 14.0 Å². The molecule has 0 saturated carbocycles. The molecule has 0 aliphatic carbocycles. The third-order valence-electron chi connectivity index (χ3n) is 5.07. The number of piperidine rings is 1. The third kappa shape index (κ3) is 5.64. The van der Waals surface area contributed by atoms with Crippen LogP contribution in [0.4, 0.5) is 4.39 Å². The van der Waals surface area contributed by atoms with Crippen molar-refractivity contribution in [2.75, 3.05) is 13.1 Å². The highest BCUT2D eigenvalue weighted by molar-refractivity contribution is 5.80. The predicted octanol–water partition coefficient (Wildman–Crippen LogP) is 3.31. The highest BCUT2D eigenvalue weighted by Gasteiger charge is 2.26. The van der Waals surface area contributed by atoms with Gasteiger partial charge in [-0.3, -0.25) is 9.59 Å². The van der Waals surface area contributed by atoms with Gasteiger partial charge in [0, 0.05) is 32.0 Å². The lowest BCUT2D eigenvalue weighted by Gasteiger charge is -2.31. The van der Waals surface area contributed by atoms with E-state index in [1.54, 1.807) is 12.1 Å². The first-order chi connectivity index (χ1) is 13.1. The summed E-state index contributed by atoms with van der Waals surface area (Å²) in [6.45, 7) is 1.65. The van der Waals surface area contributed by atoms with Gasteiger partial charge in [-0.15, -0.1) is 0 Å². The Balaban J connectivity index is 1.39. The standard InChI is InChI=1S/C22H25FN2O2/c23-20-9-6-18(7-10-20)16-24-22(27)19-12-14-25(15-13-19)21(26)11-8-17-4-2-1-3-5-17/h1-7,9-10,19H,8,11-16H2,(H,24,27). The number of carbonyl (C=O) groups is 2. The zero-order valence-corrected chi connectivity index (χ0v) is 15.4. The van der Waals surface area contributed by atoms with Crippen LogP contribution >= 0.6 is 0 Å². The van der Waals surface area contributed by atoms with Crippen LogP contribution in [-0.2, 0) is 22.6 Å². The molecule has 142 valence electrons. The first-order valence-corrected chi connectivity index (χ1v) is 9.45. The van der Waals surface area contributed by atoms with Crippen LogP contribution in [0.5, 0.6) is 0 Å². The Hall–Kier alpha value is -2.69. The maximum absolute atomic E-state index is 12.9. The zero-order chi connectivity index (χ0) is 19.1. The van der Waals surface area contributed by atoms with Crippen LogP contribution in [0.2, 0.25) is 0 Å². The van der Waals surface area contributed by atoms with Crippen molar-refractivity contribution < 1.29 is 14.0 Å². The van der Waals surface area contributed by atoms with E-state index in [2.05, 4.69) is 5.32 Å². The van der Waals surface area contributed by atoms with Gasteiger partial charge in [-0.2, -0.15) is 0 Å². The van der Waals surface area contributed by atoms with E-state index < -0.39 is 0 Å². The summed E-state index contributed by atoms with van der Waals surface area (Å²) < 4.78 is 12.9. The summed E-state index contributed by atoms with van der Waals surface area (Å²) in [5.41, 5.74) is 2.04. The minimum Gasteiger partial charge on any atom is -0.352 e. The Morgan fingerprint density at radius 1 is 0.963 bits per heavy atom. The molecule has 0 bridgehead atoms. The van der Waals surface area contributed by atoms with Gasteiger partial charge in [0.2, 0.25) is 11.8 Å². The van der Waals surface area contributed by atoms with Crippen molar-refractivity contribution >= 4 is 11.8 Å². The summed E-state index contributed by atoms with van der Waals surface area (Å²) in [7, 11) is 0. The molecule has 4 nitrogen and oxygen atoms in total. The summed E-state index contributed by atoms with van der Waals surface area (Å²) in [5, 5.41) is 2.91. The van der Waals surface area contributed by atoms with Gasteiger partial charge in [0.1, 0.15) is 5.82 Å². The van der Waals surface area contributed by atoms with Crippen LogP contribution in [-0.4, -0.2) is 29.8 Å². The van der Waals surface area contributed by atoms with Crippen LogP contribution in [0.1, 0.15) is 30.4 Å². The molecule has 1 saturated heterocycles. The van der Waals surface area contributed by atoms with Crippen LogP contribution in [0, 0.1) is 11.7 Å². The predicted molar refractivity (Wildman–Crippen MR) is 102 cm³/mol. The first-order valence-electron chi connectivity index (χ1n) is 9.45. The van der Waals surface area contributed by atoms with Crippen molar-refractivity contribution in [2.45, 2.75) is 32.2 Å². The van der Waals surface area contributed by atoms with E-state index in [-0.39, 0.29) is 23.5 Å². The summed E-state index contributed by atoms with van der Waals surface area (Å²) in [4.78, 5) is 26.6. The molecule has 1 N–H and O–H groups in total. The second-order valence-electron chi connectivity index (χ2n) is 6.98. The van der Waals surface area contributed by atoms with Crippen molar-refractivity contribution in [1.82, 2.24) is 10.2 Å². The largest absolute Gasteiger partial charge is 0.352 e. The van der Waals surface area contributed by atoms with Crippen LogP contribution in [0.25, 0.3) is 0 Å². The van der Waals surface area contributed by atoms with Gasteiger partial charge >= 0.3 is 0 Å². The quantitative estimate of drug-likeness (QED) is 0.850. The molecule has 1 aliphatic heterocycles. The fourth-order valence-corrected chi connectivity index (χ4v) is 3.38. The summed E-state index contributed by atoms with van der Waals surface area (Å²) in [6.07, 6.45) is 2.63. The maximum atomic E-state index is 12.9. The second kappa shape index (κ2) is 9.31. The van der Waals surface area contributed by atoms with Crippen LogP contribution in [0.15, 0.2) is 54.6 Å². The lowest BCUT2D eigenvalue weighted by Crippen LogP contribution is -2.43. The lowest BCUT2D eigenvalue weighted by molar-refractivity contribution is -0.135. The Morgan fingerprint density at radius 2 is 1.63 bits per heavy atom. The lowest BCUT2D eigenvalue weighted by atomic mass is 9.95. The van der Waals surface area contributed by atoms with E-state index >= 15 is 0 Å². The fraction of sp³-hybridized carbons (Fsp3) is 0.364. The topological polar surface area (TPSA) is 49.4 Å². The summed E-state index contributed by atoms with van der Waals surface area (Å²) >= 11 is 0. The number of rotatable bonds is 6. The Labute approximate surface area is 159 Å². The molecule has 1 heterocycles. The van der Waals surface area contributed by atoms with Crippen LogP contribution < -0.4 is 5.32 Å². The van der Waals surface area contributed by atoms with Gasteiger partial charge in [0.05, 0.1) is 0 Å². The monoisotopic (exact) mass is 368 g/mol. The molecule has 0 radical (unpaired) electrons. The average molecular weight is 368 g/mol. The molecule has 2 aromatic rings. The maximum Gasteiger partial charge on any atom is 0.223 e. The van der Waals surface area contributed by atoms with Gasteiger partial charge in [0.15, 0.2) is 0 Å². The van der Waals surface area contributed by atoms with Crippen molar-refractivity contribution in [2.24, 2.45) is 5.92 Å². The van der Waals surface area contributed by atoms with Gasteiger partial charge in [-0.1, -0.05) is 42.5 Å². The Bertz CT molecular complexity index is 754. The van der Waals surface area contributed by atoms with E-state index in [0.717, 1.165) is 12.0 Å². The Morgan fingerprint density at radius 3 is 2.30 bits per heavy atom. The molecule has 0 aromatic heterocycles. The molecule has 1 fully saturated rings. The highest BCUT2D eigenvalue weighted by Crippen LogP contribution is 2.19. The molecular weight excluding hydrogens is 343 g/mol. The minimum absolute atomic E-state index is 0.00992. The summed E-state index contributed by atoms with van der Waals surface area (Å²) in [6, 6.07) is 16.1. The fourth-order valence-electron chi connectivity index (χ4n) is 3.38. The van der Waals surface area contributed by atoms with E-state index in [1.807, 2.05) is 35.2 Å². The molecule has 2 amide bonds. The smallest absolute Gasteiger partial charge is 0.223 e. The highest BCUT2D eigenvalue weighted by atomic mass is 19.1. The number of amides is 2. The molecule has 27 heavy (non-hydrogen) atoms. The van der Waals surface area contributed by atoms with Crippen molar-refractivity contribution in [3.05, 3.63) is 71.5 Å². The molecule has 3 rings (SSSR count). The summed E-state index contributed by atoms with van der Waals surface area (Å²) in [5.74, 6) is -0.183. The average Bonchev–Trinajstić information content (AvgIpc) is 2.72. The molecule has 0 unspecified atom stereocenters. The van der Waals surface area contributed by atoms with Crippen molar-refractivity contribution in [3.8, 4) is 0 Å². The van der Waals surface area contributed by atoms with Gasteiger partial charge in [-0.25, -0.2) is 4.39 Å². The van der Waals surface area contributed by atoms with E-state index in [1.165, 1.54) is 17.7 Å². The van der Waals surface area contributed by atoms with Gasteiger partial charge in [0.25, 0.3) is 0 Å². The first kappa shape index (κ1) is 19.1. The number of hydrogen-bond acceptors (Lipinski definition) is 2. The molecular formula is C22H25FN2O2. The molecule has 0 atom stereocenters. The number of aryl methyl sites for hydroxylation is 1. The SMILES string of the molecule is O=C(NCc1ccc(F)cc1)C1CCN(C(=O)CCc2ccccc2)CC1. The van der Waals surface area contributed by atoms with Gasteiger partial charge in [-0.05, 0) is 42.5 Å². The van der Waals surface area contributed by atoms with Crippen molar-refractivity contribution in [3.63, 3.8) is 0 Å². The normalized spacial score (nSPS) is 14.8. The number of hydrogen-bond donors (Lipinski definition) is 1. The van der Waals surface area contributed by atoms with Crippen LogP contribution in [0.3, 0.4) is 0 Å². The Kier molecular flexibility index (Phi) is 6.58. The molecule has 5 heteroatoms. The molecule has 2 aromatic carbocycles. The third-order valence-corrected chi connectivity index (χ3v) is 5.07. The number of benzene rings is 2. The van der Waals surface area contributed by atoms with E-state index in [4.69, 9.17) is 0 Å². The second-order valence-corrected chi connectivity index (χ2v) is 6.98. The molecule has 0 spiro atoms. The zero-order valence-electron chi connectivity index (χ0n) is 15.4. The number of halogens is 1. The number of nitrogens with zero attached hydrogens (tertiary/aromatic N) is 1. The minimum atomic E-state index is -0.283. The number of carbonyl (C=O) groups excluding carboxylic acids is 2.